The number of morpholine rings is 1. The molecule has 0 spiro atoms. The van der Waals surface area contributed by atoms with E-state index < -0.39 is 20.9 Å². The molecule has 3 aromatic carbocycles. The van der Waals surface area contributed by atoms with E-state index in [1.165, 1.54) is 24.1 Å². The predicted molar refractivity (Wildman–Crippen MR) is 243 cm³/mol. The molecule has 3 aromatic rings. The summed E-state index contributed by atoms with van der Waals surface area (Å²) in [4.78, 5) is 32.9. The van der Waals surface area contributed by atoms with Crippen molar-refractivity contribution in [1.82, 2.24) is 14.5 Å². The van der Waals surface area contributed by atoms with Crippen LogP contribution in [0.1, 0.15) is 76.1 Å². The second-order valence-electron chi connectivity index (χ2n) is 17.0. The molecule has 60 heavy (non-hydrogen) atoms. The van der Waals surface area contributed by atoms with E-state index in [1.807, 2.05) is 42.5 Å². The number of rotatable bonds is 19. The van der Waals surface area contributed by atoms with Gasteiger partial charge in [-0.25, -0.2) is 13.1 Å². The average Bonchev–Trinajstić information content (AvgIpc) is 3.25. The van der Waals surface area contributed by atoms with Crippen molar-refractivity contribution in [2.45, 2.75) is 81.5 Å². The number of carbonyl (C=O) groups excluding carboxylic acids is 1. The van der Waals surface area contributed by atoms with Gasteiger partial charge in [0, 0.05) is 86.4 Å². The first-order chi connectivity index (χ1) is 28.8. The van der Waals surface area contributed by atoms with E-state index in [0.29, 0.717) is 24.4 Å². The zero-order chi connectivity index (χ0) is 42.7. The Morgan fingerprint density at radius 2 is 1.68 bits per heavy atom. The fourth-order valence-electron chi connectivity index (χ4n) is 8.16. The van der Waals surface area contributed by atoms with Crippen LogP contribution >= 0.6 is 11.8 Å². The van der Waals surface area contributed by atoms with Crippen molar-refractivity contribution in [3.63, 3.8) is 0 Å². The number of anilines is 2. The number of nitro benzene ring substituents is 1. The Morgan fingerprint density at radius 1 is 0.967 bits per heavy atom. The molecule has 2 aliphatic heterocycles. The highest BCUT2D eigenvalue weighted by Gasteiger charge is 2.29. The van der Waals surface area contributed by atoms with Crippen molar-refractivity contribution in [2.75, 3.05) is 81.5 Å². The quantitative estimate of drug-likeness (QED) is 0.0521. The van der Waals surface area contributed by atoms with Crippen molar-refractivity contribution < 1.29 is 22.9 Å². The molecule has 3 aliphatic rings. The van der Waals surface area contributed by atoms with Gasteiger partial charge in [0.2, 0.25) is 0 Å². The Bertz CT molecular complexity index is 2080. The molecule has 2 saturated heterocycles. The number of sulfonamides is 1. The normalized spacial score (nSPS) is 18.2. The van der Waals surface area contributed by atoms with E-state index in [-0.39, 0.29) is 27.9 Å². The Morgan fingerprint density at radius 3 is 2.37 bits per heavy atom. The molecule has 1 aliphatic carbocycles. The van der Waals surface area contributed by atoms with Crippen LogP contribution in [-0.4, -0.2) is 106 Å². The Labute approximate surface area is 361 Å². The molecule has 0 unspecified atom stereocenters. The predicted octanol–water partition coefficient (Wildman–Crippen LogP) is 8.38. The van der Waals surface area contributed by atoms with Crippen LogP contribution in [0.5, 0.6) is 0 Å². The summed E-state index contributed by atoms with van der Waals surface area (Å²) < 4.78 is 34.5. The molecule has 12 nitrogen and oxygen atoms in total. The topological polar surface area (TPSA) is 137 Å². The Hall–Kier alpha value is -4.21. The van der Waals surface area contributed by atoms with Crippen molar-refractivity contribution in [3.8, 4) is 0 Å². The number of ether oxygens (including phenoxy) is 1. The standard InChI is InChI=1S/C46H62N6O6S2/c1-5-35(2)11-12-37-32-46(3,4)21-19-38(37)33-50-23-25-51(26-24-50)40-15-13-36(14-16-40)45(53)48-60(56,57)42-17-18-43(44(31-42)52(54)55)47-39(20-22-49-27-29-58-30-28-49)34-59-41-9-7-6-8-10-41/h6-10,13-18,31,39,47H,2,5,11-12,19-30,32-34H2,1,3-4H3,(H,48,53)/t39-/m1/s1. The molecule has 2 heterocycles. The van der Waals surface area contributed by atoms with Gasteiger partial charge in [-0.05, 0) is 98.9 Å². The molecule has 6 rings (SSSR count). The van der Waals surface area contributed by atoms with E-state index >= 15 is 0 Å². The third-order valence-electron chi connectivity index (χ3n) is 12.0. The number of nitro groups is 1. The Balaban J connectivity index is 1.05. The van der Waals surface area contributed by atoms with Gasteiger partial charge in [0.15, 0.2) is 0 Å². The number of nitrogens with zero attached hydrogens (tertiary/aromatic N) is 4. The molecule has 1 amide bonds. The average molecular weight is 859 g/mol. The third-order valence-corrected chi connectivity index (χ3v) is 14.5. The summed E-state index contributed by atoms with van der Waals surface area (Å²) in [6, 6.07) is 20.5. The van der Waals surface area contributed by atoms with Crippen LogP contribution in [0, 0.1) is 15.5 Å². The van der Waals surface area contributed by atoms with E-state index in [0.717, 1.165) is 108 Å². The minimum Gasteiger partial charge on any atom is -0.379 e. The lowest BCUT2D eigenvalue weighted by molar-refractivity contribution is -0.384. The molecule has 14 heteroatoms. The minimum absolute atomic E-state index is 0.146. The summed E-state index contributed by atoms with van der Waals surface area (Å²) in [5, 5.41) is 15.7. The SMILES string of the molecule is C=C(CC)CCC1=C(CN2CCN(c3ccc(C(=O)NS(=O)(=O)c4ccc(N[C@H](CCN5CCOCC5)CSc5ccccc5)c([N+](=O)[O-])c4)cc3)CC2)CCC(C)(C)C1. The summed E-state index contributed by atoms with van der Waals surface area (Å²) in [5.41, 5.74) is 5.89. The molecule has 1 atom stereocenters. The van der Waals surface area contributed by atoms with Gasteiger partial charge in [-0.15, -0.1) is 11.8 Å². The summed E-state index contributed by atoms with van der Waals surface area (Å²) in [6.45, 7) is 19.6. The molecule has 0 saturated carbocycles. The maximum Gasteiger partial charge on any atom is 0.293 e. The van der Waals surface area contributed by atoms with Gasteiger partial charge < -0.3 is 15.0 Å². The first-order valence-electron chi connectivity index (χ1n) is 21.3. The number of allylic oxidation sites excluding steroid dienone is 2. The Kier molecular flexibility index (Phi) is 15.9. The second kappa shape index (κ2) is 21.0. The third kappa shape index (κ3) is 12.9. The van der Waals surface area contributed by atoms with Gasteiger partial charge >= 0.3 is 0 Å². The maximum absolute atomic E-state index is 13.5. The molecule has 324 valence electrons. The monoisotopic (exact) mass is 858 g/mol. The van der Waals surface area contributed by atoms with Crippen LogP contribution in [0.25, 0.3) is 0 Å². The fraction of sp³-hybridized carbons (Fsp3) is 0.500. The number of benzene rings is 3. The van der Waals surface area contributed by atoms with Gasteiger partial charge in [-0.1, -0.05) is 62.3 Å². The molecule has 0 bridgehead atoms. The first kappa shape index (κ1) is 45.3. The lowest BCUT2D eigenvalue weighted by Crippen LogP contribution is -2.47. The van der Waals surface area contributed by atoms with Crippen LogP contribution in [0.4, 0.5) is 17.1 Å². The van der Waals surface area contributed by atoms with Crippen molar-refractivity contribution in [1.29, 1.82) is 0 Å². The lowest BCUT2D eigenvalue weighted by Gasteiger charge is -2.39. The van der Waals surface area contributed by atoms with Gasteiger partial charge in [-0.2, -0.15) is 0 Å². The molecule has 0 radical (unpaired) electrons. The van der Waals surface area contributed by atoms with Crippen LogP contribution in [0.2, 0.25) is 0 Å². The summed E-state index contributed by atoms with van der Waals surface area (Å²) in [6.07, 6.45) is 7.47. The second-order valence-corrected chi connectivity index (χ2v) is 19.8. The lowest BCUT2D eigenvalue weighted by atomic mass is 9.73. The van der Waals surface area contributed by atoms with Crippen molar-refractivity contribution in [2.24, 2.45) is 5.41 Å². The molecular formula is C46H62N6O6S2. The summed E-state index contributed by atoms with van der Waals surface area (Å²) in [7, 11) is -4.43. The number of amides is 1. The van der Waals surface area contributed by atoms with E-state index in [1.54, 1.807) is 35.0 Å². The number of nitrogens with one attached hydrogen (secondary N) is 2. The highest BCUT2D eigenvalue weighted by Crippen LogP contribution is 2.41. The molecule has 0 aromatic heterocycles. The largest absolute Gasteiger partial charge is 0.379 e. The van der Waals surface area contributed by atoms with Crippen LogP contribution in [-0.2, 0) is 14.8 Å². The maximum atomic E-state index is 13.5. The fourth-order valence-corrected chi connectivity index (χ4v) is 10.1. The van der Waals surface area contributed by atoms with Crippen LogP contribution in [0.3, 0.4) is 0 Å². The van der Waals surface area contributed by atoms with E-state index in [9.17, 15) is 23.3 Å². The number of piperazine rings is 1. The van der Waals surface area contributed by atoms with Gasteiger partial charge in [-0.3, -0.25) is 24.7 Å². The zero-order valence-electron chi connectivity index (χ0n) is 35.5. The van der Waals surface area contributed by atoms with E-state index in [2.05, 4.69) is 52.1 Å². The minimum atomic E-state index is -4.43. The molecule has 2 N–H and O–H groups in total. The summed E-state index contributed by atoms with van der Waals surface area (Å²) in [5.74, 6) is -0.162. The van der Waals surface area contributed by atoms with Gasteiger partial charge in [0.05, 0.1) is 23.0 Å². The van der Waals surface area contributed by atoms with Gasteiger partial charge in [0.1, 0.15) is 5.69 Å². The van der Waals surface area contributed by atoms with Crippen molar-refractivity contribution in [3.05, 3.63) is 112 Å². The number of carbonyl (C=O) groups is 1. The van der Waals surface area contributed by atoms with Crippen molar-refractivity contribution >= 4 is 44.8 Å². The summed E-state index contributed by atoms with van der Waals surface area (Å²) >= 11 is 1.65. The smallest absolute Gasteiger partial charge is 0.293 e. The zero-order valence-corrected chi connectivity index (χ0v) is 37.1. The van der Waals surface area contributed by atoms with Gasteiger partial charge in [0.25, 0.3) is 21.6 Å². The first-order valence-corrected chi connectivity index (χ1v) is 23.8. The molecular weight excluding hydrogens is 797 g/mol. The number of hydrogen-bond donors (Lipinski definition) is 2. The highest BCUT2D eigenvalue weighted by atomic mass is 32.2. The number of thioether (sulfide) groups is 1. The number of hydrogen-bond acceptors (Lipinski definition) is 11. The van der Waals surface area contributed by atoms with E-state index in [4.69, 9.17) is 4.74 Å². The van der Waals surface area contributed by atoms with Crippen LogP contribution < -0.4 is 14.9 Å². The highest BCUT2D eigenvalue weighted by molar-refractivity contribution is 7.99. The molecule has 2 fully saturated rings. The van der Waals surface area contributed by atoms with Crippen LogP contribution in [0.15, 0.2) is 106 Å².